The van der Waals surface area contributed by atoms with Gasteiger partial charge in [0.1, 0.15) is 0 Å². The molecule has 1 fully saturated rings. The standard InChI is InChI=1S/C17H14Cl2O/c18-14-8-3-9-15(19)16(14)17(20)13-7-2-6-12(10-13)11-4-1-5-11/h2-3,6-11H,1,4-5H2. The van der Waals surface area contributed by atoms with Crippen molar-refractivity contribution >= 4 is 29.0 Å². The van der Waals surface area contributed by atoms with Gasteiger partial charge < -0.3 is 0 Å². The number of carbonyl (C=O) groups is 1. The predicted octanol–water partition coefficient (Wildman–Crippen LogP) is 5.49. The highest BCUT2D eigenvalue weighted by Gasteiger charge is 2.21. The van der Waals surface area contributed by atoms with E-state index in [9.17, 15) is 4.79 Å². The summed E-state index contributed by atoms with van der Waals surface area (Å²) in [4.78, 5) is 12.6. The van der Waals surface area contributed by atoms with E-state index in [0.717, 1.165) is 0 Å². The predicted molar refractivity (Wildman–Crippen MR) is 82.9 cm³/mol. The summed E-state index contributed by atoms with van der Waals surface area (Å²) in [5.74, 6) is 0.492. The molecule has 0 aliphatic heterocycles. The molecule has 3 heteroatoms. The fourth-order valence-electron chi connectivity index (χ4n) is 2.53. The fraction of sp³-hybridized carbons (Fsp3) is 0.235. The van der Waals surface area contributed by atoms with Gasteiger partial charge in [-0.15, -0.1) is 0 Å². The summed E-state index contributed by atoms with van der Waals surface area (Å²) in [7, 11) is 0. The molecule has 2 aromatic carbocycles. The quantitative estimate of drug-likeness (QED) is 0.685. The van der Waals surface area contributed by atoms with Crippen molar-refractivity contribution in [3.63, 3.8) is 0 Å². The van der Waals surface area contributed by atoms with E-state index >= 15 is 0 Å². The molecule has 102 valence electrons. The lowest BCUT2D eigenvalue weighted by atomic mass is 9.79. The zero-order valence-corrected chi connectivity index (χ0v) is 12.4. The summed E-state index contributed by atoms with van der Waals surface area (Å²) >= 11 is 12.2. The summed E-state index contributed by atoms with van der Waals surface area (Å²) in [6.45, 7) is 0. The monoisotopic (exact) mass is 304 g/mol. The molecule has 20 heavy (non-hydrogen) atoms. The zero-order chi connectivity index (χ0) is 14.1. The van der Waals surface area contributed by atoms with E-state index < -0.39 is 0 Å². The molecule has 0 radical (unpaired) electrons. The van der Waals surface area contributed by atoms with Crippen molar-refractivity contribution in [3.8, 4) is 0 Å². The first-order chi connectivity index (χ1) is 9.66. The van der Waals surface area contributed by atoms with Crippen LogP contribution in [-0.4, -0.2) is 5.78 Å². The van der Waals surface area contributed by atoms with Crippen molar-refractivity contribution in [2.45, 2.75) is 25.2 Å². The number of carbonyl (C=O) groups excluding carboxylic acids is 1. The second-order valence-corrected chi connectivity index (χ2v) is 5.99. The van der Waals surface area contributed by atoms with Crippen molar-refractivity contribution in [3.05, 3.63) is 69.2 Å². The largest absolute Gasteiger partial charge is 0.288 e. The van der Waals surface area contributed by atoms with Gasteiger partial charge in [0.25, 0.3) is 0 Å². The van der Waals surface area contributed by atoms with Gasteiger partial charge in [-0.2, -0.15) is 0 Å². The van der Waals surface area contributed by atoms with Crippen LogP contribution < -0.4 is 0 Å². The van der Waals surface area contributed by atoms with Gasteiger partial charge >= 0.3 is 0 Å². The van der Waals surface area contributed by atoms with Gasteiger partial charge in [0.2, 0.25) is 0 Å². The molecule has 0 saturated heterocycles. The van der Waals surface area contributed by atoms with Crippen LogP contribution in [0.2, 0.25) is 10.0 Å². The van der Waals surface area contributed by atoms with Crippen LogP contribution in [0.1, 0.15) is 46.7 Å². The van der Waals surface area contributed by atoms with Gasteiger partial charge in [0, 0.05) is 5.56 Å². The Morgan fingerprint density at radius 3 is 2.25 bits per heavy atom. The molecule has 1 aliphatic carbocycles. The molecule has 0 aromatic heterocycles. The molecule has 0 amide bonds. The molecule has 0 bridgehead atoms. The van der Waals surface area contributed by atoms with Crippen molar-refractivity contribution < 1.29 is 4.79 Å². The van der Waals surface area contributed by atoms with Gasteiger partial charge in [-0.25, -0.2) is 0 Å². The van der Waals surface area contributed by atoms with Crippen LogP contribution in [0.25, 0.3) is 0 Å². The van der Waals surface area contributed by atoms with E-state index in [-0.39, 0.29) is 5.78 Å². The van der Waals surface area contributed by atoms with E-state index in [1.807, 2.05) is 18.2 Å². The van der Waals surface area contributed by atoms with Gasteiger partial charge in [0.05, 0.1) is 15.6 Å². The Hall–Kier alpha value is -1.31. The van der Waals surface area contributed by atoms with E-state index in [2.05, 4.69) is 6.07 Å². The summed E-state index contributed by atoms with van der Waals surface area (Å²) in [5.41, 5.74) is 2.29. The van der Waals surface area contributed by atoms with Crippen LogP contribution in [0, 0.1) is 0 Å². The second-order valence-electron chi connectivity index (χ2n) is 5.18. The fourth-order valence-corrected chi connectivity index (χ4v) is 3.10. The van der Waals surface area contributed by atoms with Crippen molar-refractivity contribution in [1.29, 1.82) is 0 Å². The molecular weight excluding hydrogens is 291 g/mol. The Kier molecular flexibility index (Phi) is 3.82. The molecule has 0 N–H and O–H groups in total. The van der Waals surface area contributed by atoms with Gasteiger partial charge in [-0.3, -0.25) is 4.79 Å². The summed E-state index contributed by atoms with van der Waals surface area (Å²) < 4.78 is 0. The first-order valence-electron chi connectivity index (χ1n) is 6.75. The normalized spacial score (nSPS) is 14.9. The first kappa shape index (κ1) is 13.7. The summed E-state index contributed by atoms with van der Waals surface area (Å²) in [6, 6.07) is 13.0. The number of hydrogen-bond donors (Lipinski definition) is 0. The maximum absolute atomic E-state index is 12.6. The second kappa shape index (κ2) is 5.59. The van der Waals surface area contributed by atoms with E-state index in [1.54, 1.807) is 18.2 Å². The van der Waals surface area contributed by atoms with Crippen LogP contribution in [0.4, 0.5) is 0 Å². The van der Waals surface area contributed by atoms with Crippen LogP contribution in [0.15, 0.2) is 42.5 Å². The molecule has 2 aromatic rings. The third-order valence-electron chi connectivity index (χ3n) is 3.92. The summed E-state index contributed by atoms with van der Waals surface area (Å²) in [5, 5.41) is 0.799. The Labute approximate surface area is 128 Å². The smallest absolute Gasteiger partial charge is 0.196 e. The van der Waals surface area contributed by atoms with Crippen molar-refractivity contribution in [1.82, 2.24) is 0 Å². The molecule has 3 rings (SSSR count). The minimum atomic E-state index is -0.109. The SMILES string of the molecule is O=C(c1cccc(C2CCC2)c1)c1c(Cl)cccc1Cl. The lowest BCUT2D eigenvalue weighted by molar-refractivity contribution is 0.103. The Morgan fingerprint density at radius 2 is 1.65 bits per heavy atom. The number of hydrogen-bond acceptors (Lipinski definition) is 1. The van der Waals surface area contributed by atoms with Crippen molar-refractivity contribution in [2.24, 2.45) is 0 Å². The molecule has 1 saturated carbocycles. The topological polar surface area (TPSA) is 17.1 Å². The van der Waals surface area contributed by atoms with Crippen molar-refractivity contribution in [2.75, 3.05) is 0 Å². The third kappa shape index (κ3) is 2.48. The number of ketones is 1. The van der Waals surface area contributed by atoms with Gasteiger partial charge in [0.15, 0.2) is 5.78 Å². The summed E-state index contributed by atoms with van der Waals surface area (Å²) in [6.07, 6.45) is 3.70. The number of rotatable bonds is 3. The van der Waals surface area contributed by atoms with Crippen LogP contribution in [0.5, 0.6) is 0 Å². The molecule has 0 spiro atoms. The maximum Gasteiger partial charge on any atom is 0.196 e. The zero-order valence-electron chi connectivity index (χ0n) is 10.9. The average Bonchev–Trinajstić information content (AvgIpc) is 2.36. The highest BCUT2D eigenvalue weighted by molar-refractivity contribution is 6.41. The Bertz CT molecular complexity index is 640. The van der Waals surface area contributed by atoms with E-state index in [1.165, 1.54) is 24.8 Å². The van der Waals surface area contributed by atoms with E-state index in [4.69, 9.17) is 23.2 Å². The molecule has 1 nitrogen and oxygen atoms in total. The lowest BCUT2D eigenvalue weighted by Gasteiger charge is -2.26. The average molecular weight is 305 g/mol. The molecule has 0 unspecified atom stereocenters. The number of benzene rings is 2. The minimum Gasteiger partial charge on any atom is -0.288 e. The minimum absolute atomic E-state index is 0.109. The van der Waals surface area contributed by atoms with Crippen LogP contribution in [-0.2, 0) is 0 Å². The highest BCUT2D eigenvalue weighted by Crippen LogP contribution is 2.37. The van der Waals surface area contributed by atoms with Gasteiger partial charge in [-0.05, 0) is 42.5 Å². The lowest BCUT2D eigenvalue weighted by Crippen LogP contribution is -2.10. The molecule has 0 atom stereocenters. The molecule has 0 heterocycles. The molecule has 1 aliphatic rings. The third-order valence-corrected chi connectivity index (χ3v) is 4.55. The number of halogens is 2. The van der Waals surface area contributed by atoms with Crippen LogP contribution in [0.3, 0.4) is 0 Å². The first-order valence-corrected chi connectivity index (χ1v) is 7.51. The van der Waals surface area contributed by atoms with Crippen LogP contribution >= 0.6 is 23.2 Å². The highest BCUT2D eigenvalue weighted by atomic mass is 35.5. The van der Waals surface area contributed by atoms with E-state index in [0.29, 0.717) is 27.1 Å². The Morgan fingerprint density at radius 1 is 1.00 bits per heavy atom. The maximum atomic E-state index is 12.6. The van der Waals surface area contributed by atoms with Gasteiger partial charge in [-0.1, -0.05) is 53.9 Å². The Balaban J connectivity index is 1.98. The molecular formula is C17H14Cl2O.